The number of anilines is 1. The lowest BCUT2D eigenvalue weighted by atomic mass is 10.1. The monoisotopic (exact) mass is 291 g/mol. The first-order chi connectivity index (χ1) is 9.94. The highest BCUT2D eigenvalue weighted by molar-refractivity contribution is 5.91. The van der Waals surface area contributed by atoms with Gasteiger partial charge in [-0.05, 0) is 44.9 Å². The van der Waals surface area contributed by atoms with E-state index in [1.807, 2.05) is 26.0 Å². The van der Waals surface area contributed by atoms with Gasteiger partial charge in [-0.3, -0.25) is 4.79 Å². The topological polar surface area (TPSA) is 42.8 Å². The molecule has 2 N–H and O–H groups in total. The van der Waals surface area contributed by atoms with E-state index >= 15 is 0 Å². The van der Waals surface area contributed by atoms with Gasteiger partial charge in [-0.15, -0.1) is 0 Å². The third kappa shape index (κ3) is 4.83. The number of aryl methyl sites for hydroxylation is 2. The SMILES string of the molecule is Cc1ccc(C)c(NC(=O)CC[NH+]2C[C@@H](C)O[C@@H](C)C2)c1. The minimum atomic E-state index is 0.1000. The molecule has 3 atom stereocenters. The summed E-state index contributed by atoms with van der Waals surface area (Å²) in [5, 5.41) is 3.03. The van der Waals surface area contributed by atoms with E-state index in [9.17, 15) is 4.79 Å². The van der Waals surface area contributed by atoms with E-state index in [0.29, 0.717) is 6.42 Å². The Morgan fingerprint density at radius 2 is 1.95 bits per heavy atom. The second kappa shape index (κ2) is 7.05. The molecule has 1 amide bonds. The quantitative estimate of drug-likeness (QED) is 0.879. The summed E-state index contributed by atoms with van der Waals surface area (Å²) >= 11 is 0. The van der Waals surface area contributed by atoms with Crippen LogP contribution in [0.25, 0.3) is 0 Å². The van der Waals surface area contributed by atoms with E-state index in [4.69, 9.17) is 4.74 Å². The van der Waals surface area contributed by atoms with E-state index in [0.717, 1.165) is 36.4 Å². The molecule has 21 heavy (non-hydrogen) atoms. The summed E-state index contributed by atoms with van der Waals surface area (Å²) in [6.45, 7) is 11.1. The zero-order valence-corrected chi connectivity index (χ0v) is 13.5. The number of benzene rings is 1. The number of carbonyl (C=O) groups is 1. The van der Waals surface area contributed by atoms with Crippen molar-refractivity contribution >= 4 is 11.6 Å². The second-order valence-corrected chi connectivity index (χ2v) is 6.28. The molecule has 0 spiro atoms. The van der Waals surface area contributed by atoms with Gasteiger partial charge in [0, 0.05) is 5.69 Å². The smallest absolute Gasteiger partial charge is 0.230 e. The van der Waals surface area contributed by atoms with Gasteiger partial charge >= 0.3 is 0 Å². The Balaban J connectivity index is 1.83. The molecule has 1 aliphatic rings. The Morgan fingerprint density at radius 3 is 2.62 bits per heavy atom. The van der Waals surface area contributed by atoms with Crippen molar-refractivity contribution in [2.75, 3.05) is 25.0 Å². The molecule has 1 heterocycles. The molecular weight excluding hydrogens is 264 g/mol. The first kappa shape index (κ1) is 16.0. The zero-order valence-electron chi connectivity index (χ0n) is 13.5. The Hall–Kier alpha value is -1.39. The van der Waals surface area contributed by atoms with Crippen LogP contribution in [0.1, 0.15) is 31.4 Å². The Kier molecular flexibility index (Phi) is 5.37. The number of carbonyl (C=O) groups excluding carboxylic acids is 1. The molecule has 0 aliphatic carbocycles. The molecule has 4 heteroatoms. The molecule has 0 bridgehead atoms. The lowest BCUT2D eigenvalue weighted by Gasteiger charge is -2.32. The number of amides is 1. The Morgan fingerprint density at radius 1 is 1.29 bits per heavy atom. The summed E-state index contributed by atoms with van der Waals surface area (Å²) < 4.78 is 5.73. The van der Waals surface area contributed by atoms with E-state index in [-0.39, 0.29) is 18.1 Å². The van der Waals surface area contributed by atoms with Crippen LogP contribution in [0.4, 0.5) is 5.69 Å². The predicted molar refractivity (Wildman–Crippen MR) is 84.7 cm³/mol. The molecule has 1 aromatic rings. The molecule has 0 saturated carbocycles. The van der Waals surface area contributed by atoms with E-state index in [1.165, 1.54) is 4.90 Å². The maximum Gasteiger partial charge on any atom is 0.230 e. The molecule has 1 fully saturated rings. The van der Waals surface area contributed by atoms with Crippen LogP contribution in [0.15, 0.2) is 18.2 Å². The lowest BCUT2D eigenvalue weighted by molar-refractivity contribution is -0.914. The van der Waals surface area contributed by atoms with Crippen molar-refractivity contribution in [2.24, 2.45) is 0 Å². The van der Waals surface area contributed by atoms with Crippen LogP contribution in [-0.4, -0.2) is 37.7 Å². The van der Waals surface area contributed by atoms with Crippen molar-refractivity contribution in [3.05, 3.63) is 29.3 Å². The standard InChI is InChI=1S/C17H26N2O2/c1-12-5-6-13(2)16(9-12)18-17(20)7-8-19-10-14(3)21-15(4)11-19/h5-6,9,14-15H,7-8,10-11H2,1-4H3,(H,18,20)/p+1/t14-,15+. The van der Waals surface area contributed by atoms with Crippen LogP contribution in [-0.2, 0) is 9.53 Å². The molecule has 0 aromatic heterocycles. The highest BCUT2D eigenvalue weighted by Gasteiger charge is 2.25. The Bertz CT molecular complexity index is 492. The Labute approximate surface area is 127 Å². The second-order valence-electron chi connectivity index (χ2n) is 6.28. The maximum absolute atomic E-state index is 12.1. The third-order valence-electron chi connectivity index (χ3n) is 3.99. The minimum Gasteiger partial charge on any atom is -0.364 e. The highest BCUT2D eigenvalue weighted by atomic mass is 16.5. The van der Waals surface area contributed by atoms with Crippen LogP contribution < -0.4 is 10.2 Å². The minimum absolute atomic E-state index is 0.1000. The third-order valence-corrected chi connectivity index (χ3v) is 3.99. The van der Waals surface area contributed by atoms with Crippen molar-refractivity contribution in [3.8, 4) is 0 Å². The van der Waals surface area contributed by atoms with Gasteiger partial charge in [0.25, 0.3) is 0 Å². The van der Waals surface area contributed by atoms with Gasteiger partial charge in [-0.2, -0.15) is 0 Å². The summed E-state index contributed by atoms with van der Waals surface area (Å²) in [7, 11) is 0. The predicted octanol–water partition coefficient (Wildman–Crippen LogP) is 1.32. The number of rotatable bonds is 4. The van der Waals surface area contributed by atoms with Crippen molar-refractivity contribution in [3.63, 3.8) is 0 Å². The number of hydrogen-bond acceptors (Lipinski definition) is 2. The molecule has 0 radical (unpaired) electrons. The first-order valence-electron chi connectivity index (χ1n) is 7.80. The van der Waals surface area contributed by atoms with E-state index < -0.39 is 0 Å². The number of nitrogens with one attached hydrogen (secondary N) is 2. The number of hydrogen-bond donors (Lipinski definition) is 2. The number of quaternary nitrogens is 1. The summed E-state index contributed by atoms with van der Waals surface area (Å²) in [5.41, 5.74) is 3.20. The molecule has 4 nitrogen and oxygen atoms in total. The summed E-state index contributed by atoms with van der Waals surface area (Å²) in [5.74, 6) is 0.1000. The van der Waals surface area contributed by atoms with Crippen molar-refractivity contribution < 1.29 is 14.4 Å². The molecule has 1 aliphatic heterocycles. The van der Waals surface area contributed by atoms with Gasteiger partial charge in [0.1, 0.15) is 25.3 Å². The molecule has 2 rings (SSSR count). The zero-order chi connectivity index (χ0) is 15.4. The molecular formula is C17H27N2O2+. The van der Waals surface area contributed by atoms with Crippen LogP contribution >= 0.6 is 0 Å². The summed E-state index contributed by atoms with van der Waals surface area (Å²) in [4.78, 5) is 13.6. The van der Waals surface area contributed by atoms with E-state index in [2.05, 4.69) is 25.2 Å². The number of ether oxygens (including phenoxy) is 1. The van der Waals surface area contributed by atoms with Gasteiger partial charge in [0.2, 0.25) is 5.91 Å². The highest BCUT2D eigenvalue weighted by Crippen LogP contribution is 2.16. The molecule has 116 valence electrons. The molecule has 1 aromatic carbocycles. The maximum atomic E-state index is 12.1. The van der Waals surface area contributed by atoms with Crippen molar-refractivity contribution in [2.45, 2.75) is 46.3 Å². The number of morpholine rings is 1. The van der Waals surface area contributed by atoms with Crippen molar-refractivity contribution in [1.82, 2.24) is 0 Å². The van der Waals surface area contributed by atoms with Gasteiger partial charge in [0.05, 0.1) is 13.0 Å². The fourth-order valence-corrected chi connectivity index (χ4v) is 2.97. The van der Waals surface area contributed by atoms with Crippen LogP contribution in [0.3, 0.4) is 0 Å². The van der Waals surface area contributed by atoms with Crippen LogP contribution in [0.2, 0.25) is 0 Å². The lowest BCUT2D eigenvalue weighted by Crippen LogP contribution is -3.15. The van der Waals surface area contributed by atoms with Crippen LogP contribution in [0, 0.1) is 13.8 Å². The molecule has 1 saturated heterocycles. The van der Waals surface area contributed by atoms with Gasteiger partial charge in [-0.1, -0.05) is 12.1 Å². The van der Waals surface area contributed by atoms with Crippen LogP contribution in [0.5, 0.6) is 0 Å². The van der Waals surface area contributed by atoms with Gasteiger partial charge in [-0.25, -0.2) is 0 Å². The average molecular weight is 291 g/mol. The molecule has 1 unspecified atom stereocenters. The fraction of sp³-hybridized carbons (Fsp3) is 0.588. The van der Waals surface area contributed by atoms with Gasteiger partial charge in [0.15, 0.2) is 0 Å². The first-order valence-corrected chi connectivity index (χ1v) is 7.80. The van der Waals surface area contributed by atoms with Crippen molar-refractivity contribution in [1.29, 1.82) is 0 Å². The van der Waals surface area contributed by atoms with Gasteiger partial charge < -0.3 is 15.0 Å². The fourth-order valence-electron chi connectivity index (χ4n) is 2.97. The summed E-state index contributed by atoms with van der Waals surface area (Å²) in [6, 6.07) is 6.13. The average Bonchev–Trinajstić information content (AvgIpc) is 2.40. The largest absolute Gasteiger partial charge is 0.364 e. The van der Waals surface area contributed by atoms with E-state index in [1.54, 1.807) is 0 Å². The normalized spacial score (nSPS) is 25.6. The summed E-state index contributed by atoms with van der Waals surface area (Å²) in [6.07, 6.45) is 1.12.